The number of nitrogens with zero attached hydrogens (tertiary/aromatic N) is 1. The number of morpholine rings is 1. The van der Waals surface area contributed by atoms with E-state index in [0.29, 0.717) is 0 Å². The predicted molar refractivity (Wildman–Crippen MR) is 83.9 cm³/mol. The van der Waals surface area contributed by atoms with Crippen molar-refractivity contribution >= 4 is 5.78 Å². The van der Waals surface area contributed by atoms with Gasteiger partial charge in [0.2, 0.25) is 0 Å². The fraction of sp³-hybridized carbons (Fsp3) is 0.611. The zero-order valence-corrected chi connectivity index (χ0v) is 13.2. The Bertz CT molecular complexity index is 530. The molecule has 3 nitrogen and oxygen atoms in total. The van der Waals surface area contributed by atoms with E-state index in [2.05, 4.69) is 17.0 Å². The van der Waals surface area contributed by atoms with Crippen molar-refractivity contribution in [2.75, 3.05) is 26.3 Å². The molecule has 0 bridgehead atoms. The highest BCUT2D eigenvalue weighted by Crippen LogP contribution is 2.26. The van der Waals surface area contributed by atoms with Gasteiger partial charge in [0.1, 0.15) is 0 Å². The van der Waals surface area contributed by atoms with E-state index in [9.17, 15) is 4.79 Å². The number of hydrogen-bond acceptors (Lipinski definition) is 3. The van der Waals surface area contributed by atoms with Crippen LogP contribution < -0.4 is 0 Å². The largest absolute Gasteiger partial charge is 0.379 e. The molecule has 0 aromatic heterocycles. The second-order valence-corrected chi connectivity index (χ2v) is 6.68. The maximum Gasteiger partial charge on any atom is 0.182 e. The number of hydrogen-bond donors (Lipinski definition) is 0. The molecule has 1 aromatic rings. The molecule has 3 rings (SSSR count). The van der Waals surface area contributed by atoms with Gasteiger partial charge in [-0.1, -0.05) is 12.1 Å². The highest BCUT2D eigenvalue weighted by Gasteiger charge is 2.36. The molecule has 0 spiro atoms. The Morgan fingerprint density at radius 3 is 2.48 bits per heavy atom. The molecule has 0 atom stereocenters. The molecule has 0 amide bonds. The maximum absolute atomic E-state index is 13.0. The highest BCUT2D eigenvalue weighted by molar-refractivity contribution is 6.02. The van der Waals surface area contributed by atoms with Crippen LogP contribution in [0.5, 0.6) is 0 Å². The molecule has 3 heteroatoms. The predicted octanol–water partition coefficient (Wildman–Crippen LogP) is 2.86. The van der Waals surface area contributed by atoms with Gasteiger partial charge in [0.25, 0.3) is 0 Å². The first-order valence-corrected chi connectivity index (χ1v) is 8.08. The first-order valence-electron chi connectivity index (χ1n) is 8.08. The smallest absolute Gasteiger partial charge is 0.182 e. The number of ketones is 1. The fourth-order valence-electron chi connectivity index (χ4n) is 3.49. The van der Waals surface area contributed by atoms with Gasteiger partial charge in [-0.05, 0) is 56.7 Å². The van der Waals surface area contributed by atoms with E-state index >= 15 is 0 Å². The summed E-state index contributed by atoms with van der Waals surface area (Å²) >= 11 is 0. The molecule has 114 valence electrons. The molecule has 0 saturated carbocycles. The molecular weight excluding hydrogens is 262 g/mol. The summed E-state index contributed by atoms with van der Waals surface area (Å²) < 4.78 is 5.40. The molecule has 0 unspecified atom stereocenters. The van der Waals surface area contributed by atoms with Gasteiger partial charge in [0.15, 0.2) is 5.78 Å². The van der Waals surface area contributed by atoms with Gasteiger partial charge >= 0.3 is 0 Å². The van der Waals surface area contributed by atoms with Gasteiger partial charge in [-0.15, -0.1) is 0 Å². The van der Waals surface area contributed by atoms with Crippen molar-refractivity contribution in [3.63, 3.8) is 0 Å². The molecule has 21 heavy (non-hydrogen) atoms. The molecule has 1 aromatic carbocycles. The van der Waals surface area contributed by atoms with Gasteiger partial charge in [-0.25, -0.2) is 0 Å². The third-order valence-electron chi connectivity index (χ3n) is 4.97. The molecule has 1 heterocycles. The number of fused-ring (bicyclic) bond motifs is 1. The summed E-state index contributed by atoms with van der Waals surface area (Å²) in [5.74, 6) is 0.234. The number of carbonyl (C=O) groups excluding carboxylic acids is 1. The van der Waals surface area contributed by atoms with Crippen LogP contribution in [0.1, 0.15) is 48.2 Å². The second-order valence-electron chi connectivity index (χ2n) is 6.68. The van der Waals surface area contributed by atoms with Gasteiger partial charge in [0, 0.05) is 18.7 Å². The summed E-state index contributed by atoms with van der Waals surface area (Å²) in [6.45, 7) is 7.20. The van der Waals surface area contributed by atoms with Crippen molar-refractivity contribution in [3.8, 4) is 0 Å². The highest BCUT2D eigenvalue weighted by atomic mass is 16.5. The third-order valence-corrected chi connectivity index (χ3v) is 4.97. The van der Waals surface area contributed by atoms with E-state index in [1.807, 2.05) is 19.9 Å². The van der Waals surface area contributed by atoms with Gasteiger partial charge < -0.3 is 4.74 Å². The number of carbonyl (C=O) groups is 1. The van der Waals surface area contributed by atoms with Crippen LogP contribution in [0.25, 0.3) is 0 Å². The number of ether oxygens (including phenoxy) is 1. The summed E-state index contributed by atoms with van der Waals surface area (Å²) in [6.07, 6.45) is 4.81. The van der Waals surface area contributed by atoms with Crippen molar-refractivity contribution in [3.05, 3.63) is 34.9 Å². The quantitative estimate of drug-likeness (QED) is 0.801. The molecule has 1 saturated heterocycles. The van der Waals surface area contributed by atoms with Crippen LogP contribution in [0.4, 0.5) is 0 Å². The average molecular weight is 287 g/mol. The molecule has 1 aliphatic heterocycles. The Kier molecular flexibility index (Phi) is 4.14. The number of aryl methyl sites for hydroxylation is 2. The Morgan fingerprint density at radius 2 is 1.76 bits per heavy atom. The van der Waals surface area contributed by atoms with E-state index in [4.69, 9.17) is 4.74 Å². The van der Waals surface area contributed by atoms with Crippen LogP contribution in [0.3, 0.4) is 0 Å². The van der Waals surface area contributed by atoms with Crippen LogP contribution in [-0.4, -0.2) is 42.5 Å². The average Bonchev–Trinajstić information content (AvgIpc) is 2.54. The molecule has 1 fully saturated rings. The van der Waals surface area contributed by atoms with E-state index in [0.717, 1.165) is 44.7 Å². The van der Waals surface area contributed by atoms with Crippen LogP contribution in [0.15, 0.2) is 18.2 Å². The van der Waals surface area contributed by atoms with E-state index < -0.39 is 5.54 Å². The van der Waals surface area contributed by atoms with Crippen LogP contribution in [-0.2, 0) is 17.6 Å². The lowest BCUT2D eigenvalue weighted by Gasteiger charge is -2.39. The Hall–Kier alpha value is -1.19. The van der Waals surface area contributed by atoms with E-state index in [1.54, 1.807) is 0 Å². The van der Waals surface area contributed by atoms with Crippen molar-refractivity contribution in [1.82, 2.24) is 4.90 Å². The molecule has 0 radical (unpaired) electrons. The summed E-state index contributed by atoms with van der Waals surface area (Å²) in [7, 11) is 0. The van der Waals surface area contributed by atoms with Crippen LogP contribution in [0.2, 0.25) is 0 Å². The Morgan fingerprint density at radius 1 is 1.10 bits per heavy atom. The maximum atomic E-state index is 13.0. The first-order chi connectivity index (χ1) is 10.1. The second kappa shape index (κ2) is 5.90. The zero-order valence-electron chi connectivity index (χ0n) is 13.2. The summed E-state index contributed by atoms with van der Waals surface area (Å²) in [6, 6.07) is 6.32. The first kappa shape index (κ1) is 14.7. The lowest BCUT2D eigenvalue weighted by molar-refractivity contribution is -0.00430. The van der Waals surface area contributed by atoms with Crippen molar-refractivity contribution in [2.24, 2.45) is 0 Å². The number of Topliss-reactive ketones (excluding diaryl/α,β-unsaturated/α-hetero) is 1. The molecule has 1 aliphatic carbocycles. The van der Waals surface area contributed by atoms with Crippen LogP contribution >= 0.6 is 0 Å². The minimum Gasteiger partial charge on any atom is -0.379 e. The Labute approximate surface area is 127 Å². The van der Waals surface area contributed by atoms with Gasteiger partial charge in [-0.3, -0.25) is 9.69 Å². The van der Waals surface area contributed by atoms with Crippen molar-refractivity contribution in [1.29, 1.82) is 0 Å². The third kappa shape index (κ3) is 2.90. The summed E-state index contributed by atoms with van der Waals surface area (Å²) in [5.41, 5.74) is 3.23. The molecular formula is C18H25NO2. The minimum absolute atomic E-state index is 0.234. The number of benzene rings is 1. The zero-order chi connectivity index (χ0) is 14.9. The standard InChI is InChI=1S/C18H25NO2/c1-18(2,19-9-11-21-12-10-19)17(20)16-8-7-14-5-3-4-6-15(14)13-16/h7-8,13H,3-6,9-12H2,1-2H3. The van der Waals surface area contributed by atoms with Gasteiger partial charge in [-0.2, -0.15) is 0 Å². The monoisotopic (exact) mass is 287 g/mol. The van der Waals surface area contributed by atoms with E-state index in [-0.39, 0.29) is 5.78 Å². The SMILES string of the molecule is CC(C)(C(=O)c1ccc2c(c1)CCCC2)N1CCOCC1. The van der Waals surface area contributed by atoms with E-state index in [1.165, 1.54) is 24.0 Å². The Balaban J connectivity index is 1.83. The van der Waals surface area contributed by atoms with Gasteiger partial charge in [0.05, 0.1) is 18.8 Å². The van der Waals surface area contributed by atoms with Crippen LogP contribution in [0, 0.1) is 0 Å². The molecule has 0 N–H and O–H groups in total. The summed E-state index contributed by atoms with van der Waals surface area (Å²) in [5, 5.41) is 0. The fourth-order valence-corrected chi connectivity index (χ4v) is 3.49. The molecule has 2 aliphatic rings. The lowest BCUT2D eigenvalue weighted by Crippen LogP contribution is -2.54. The number of rotatable bonds is 3. The van der Waals surface area contributed by atoms with Crippen molar-refractivity contribution in [2.45, 2.75) is 45.1 Å². The summed E-state index contributed by atoms with van der Waals surface area (Å²) in [4.78, 5) is 15.2. The minimum atomic E-state index is -0.452. The normalized spacial score (nSPS) is 20.1. The topological polar surface area (TPSA) is 29.5 Å². The lowest BCUT2D eigenvalue weighted by atomic mass is 9.86. The van der Waals surface area contributed by atoms with Crippen molar-refractivity contribution < 1.29 is 9.53 Å².